The molecule has 21 heavy (non-hydrogen) atoms. The van der Waals surface area contributed by atoms with Gasteiger partial charge in [-0.3, -0.25) is 0 Å². The Morgan fingerprint density at radius 2 is 1.33 bits per heavy atom. The molecule has 0 spiro atoms. The fourth-order valence-electron chi connectivity index (χ4n) is 3.13. The lowest BCUT2D eigenvalue weighted by Crippen LogP contribution is -2.05. The van der Waals surface area contributed by atoms with Crippen LogP contribution in [0.2, 0.25) is 0 Å². The highest BCUT2D eigenvalue weighted by Crippen LogP contribution is 2.43. The third-order valence-corrected chi connectivity index (χ3v) is 5.25. The quantitative estimate of drug-likeness (QED) is 0.572. The fourth-order valence-corrected chi connectivity index (χ4v) is 4.23. The third kappa shape index (κ3) is 2.28. The van der Waals surface area contributed by atoms with Gasteiger partial charge in [0.05, 0.1) is 0 Å². The lowest BCUT2D eigenvalue weighted by atomic mass is 9.83. The summed E-state index contributed by atoms with van der Waals surface area (Å²) in [6.45, 7) is 0. The molecule has 1 heterocycles. The molecule has 0 amide bonds. The summed E-state index contributed by atoms with van der Waals surface area (Å²) < 4.78 is 0. The Hall–Kier alpha value is -1.99. The van der Waals surface area contributed by atoms with Gasteiger partial charge in [-0.25, -0.2) is 0 Å². The van der Waals surface area contributed by atoms with Gasteiger partial charge in [0.2, 0.25) is 0 Å². The number of benzene rings is 3. The number of hydrogen-bond donors (Lipinski definition) is 0. The van der Waals surface area contributed by atoms with E-state index in [9.17, 15) is 0 Å². The van der Waals surface area contributed by atoms with E-state index in [2.05, 4.69) is 78.9 Å². The van der Waals surface area contributed by atoms with Gasteiger partial charge in [0.1, 0.15) is 0 Å². The van der Waals surface area contributed by atoms with Crippen molar-refractivity contribution in [3.05, 3.63) is 101 Å². The second-order valence-corrected chi connectivity index (χ2v) is 6.39. The van der Waals surface area contributed by atoms with E-state index in [1.807, 2.05) is 11.8 Å². The van der Waals surface area contributed by atoms with Crippen LogP contribution in [0.15, 0.2) is 83.8 Å². The maximum Gasteiger partial charge on any atom is 0.0354 e. The smallest absolute Gasteiger partial charge is 0.0354 e. The minimum absolute atomic E-state index is 0.341. The molecule has 0 nitrogen and oxygen atoms in total. The van der Waals surface area contributed by atoms with Gasteiger partial charge < -0.3 is 0 Å². The molecule has 1 atom stereocenters. The first-order valence-corrected chi connectivity index (χ1v) is 8.26. The van der Waals surface area contributed by atoms with Crippen molar-refractivity contribution in [1.82, 2.24) is 0 Å². The Kier molecular flexibility index (Phi) is 3.28. The van der Waals surface area contributed by atoms with Crippen LogP contribution in [0.4, 0.5) is 0 Å². The van der Waals surface area contributed by atoms with Gasteiger partial charge in [-0.1, -0.05) is 72.8 Å². The van der Waals surface area contributed by atoms with E-state index in [1.165, 1.54) is 27.1 Å². The zero-order chi connectivity index (χ0) is 14.1. The molecule has 1 heteroatoms. The van der Waals surface area contributed by atoms with Crippen molar-refractivity contribution in [1.29, 1.82) is 0 Å². The van der Waals surface area contributed by atoms with E-state index < -0.39 is 0 Å². The largest absolute Gasteiger partial charge is 0.121 e. The van der Waals surface area contributed by atoms with E-state index in [0.717, 1.165) is 5.75 Å². The summed E-state index contributed by atoms with van der Waals surface area (Å²) in [6, 6.07) is 28.5. The van der Waals surface area contributed by atoms with Crippen LogP contribution in [-0.2, 0) is 5.75 Å². The Balaban J connectivity index is 1.99. The van der Waals surface area contributed by atoms with Crippen LogP contribution in [0.5, 0.6) is 0 Å². The minimum atomic E-state index is 0.341. The zero-order valence-electron chi connectivity index (χ0n) is 11.7. The molecule has 0 unspecified atom stereocenters. The molecule has 0 bridgehead atoms. The molecule has 1 aliphatic heterocycles. The fraction of sp³-hybridized carbons (Fsp3) is 0.100. The first-order chi connectivity index (χ1) is 10.4. The van der Waals surface area contributed by atoms with Crippen molar-refractivity contribution in [2.24, 2.45) is 0 Å². The second-order valence-electron chi connectivity index (χ2n) is 5.37. The predicted molar refractivity (Wildman–Crippen MR) is 89.8 cm³/mol. The predicted octanol–water partition coefficient (Wildman–Crippen LogP) is 5.47. The van der Waals surface area contributed by atoms with Crippen LogP contribution in [-0.4, -0.2) is 0 Å². The van der Waals surface area contributed by atoms with Crippen LogP contribution in [0, 0.1) is 0 Å². The number of fused-ring (bicyclic) bond motifs is 2. The molecule has 4 rings (SSSR count). The van der Waals surface area contributed by atoms with Crippen molar-refractivity contribution < 1.29 is 0 Å². The molecular weight excluding hydrogens is 272 g/mol. The summed E-state index contributed by atoms with van der Waals surface area (Å²) >= 11 is 1.95. The van der Waals surface area contributed by atoms with Crippen LogP contribution >= 0.6 is 11.8 Å². The number of thioether (sulfide) groups is 1. The Morgan fingerprint density at radius 3 is 2.19 bits per heavy atom. The van der Waals surface area contributed by atoms with Gasteiger partial charge in [-0.2, -0.15) is 0 Å². The van der Waals surface area contributed by atoms with Crippen molar-refractivity contribution in [2.45, 2.75) is 16.6 Å². The maximum absolute atomic E-state index is 2.29. The van der Waals surface area contributed by atoms with Gasteiger partial charge in [-0.15, -0.1) is 11.8 Å². The Labute approximate surface area is 129 Å². The van der Waals surface area contributed by atoms with Crippen molar-refractivity contribution in [3.63, 3.8) is 0 Å². The SMILES string of the molecule is c1ccc([C@@H]2c3ccccc3CSc3ccccc32)cc1. The van der Waals surface area contributed by atoms with Crippen molar-refractivity contribution >= 4 is 11.8 Å². The standard InChI is InChI=1S/C20H16S/c1-2-8-15(9-3-1)20-17-11-5-4-10-16(17)14-21-19-13-7-6-12-18(19)20/h1-13,20H,14H2/t20-/m1/s1. The number of rotatable bonds is 1. The molecule has 1 aliphatic rings. The molecule has 0 saturated carbocycles. The third-order valence-electron chi connectivity index (χ3n) is 4.11. The summed E-state index contributed by atoms with van der Waals surface area (Å²) in [6.07, 6.45) is 0. The first kappa shape index (κ1) is 12.7. The molecule has 3 aromatic carbocycles. The summed E-state index contributed by atoms with van der Waals surface area (Å²) in [5.41, 5.74) is 5.70. The van der Waals surface area contributed by atoms with Gasteiger partial charge in [0.15, 0.2) is 0 Å². The van der Waals surface area contributed by atoms with E-state index in [4.69, 9.17) is 0 Å². The first-order valence-electron chi connectivity index (χ1n) is 7.28. The van der Waals surface area contributed by atoms with Crippen LogP contribution in [0.1, 0.15) is 28.2 Å². The second kappa shape index (κ2) is 5.42. The average Bonchev–Trinajstić information content (AvgIpc) is 2.72. The summed E-state index contributed by atoms with van der Waals surface area (Å²) in [4.78, 5) is 1.41. The molecular formula is C20H16S. The Morgan fingerprint density at radius 1 is 0.667 bits per heavy atom. The van der Waals surface area contributed by atoms with Crippen molar-refractivity contribution in [3.8, 4) is 0 Å². The molecule has 0 fully saturated rings. The molecule has 102 valence electrons. The molecule has 0 aliphatic carbocycles. The van der Waals surface area contributed by atoms with E-state index in [0.29, 0.717) is 5.92 Å². The minimum Gasteiger partial charge on any atom is -0.121 e. The van der Waals surface area contributed by atoms with E-state index in [1.54, 1.807) is 0 Å². The van der Waals surface area contributed by atoms with E-state index in [-0.39, 0.29) is 0 Å². The van der Waals surface area contributed by atoms with Crippen LogP contribution in [0.25, 0.3) is 0 Å². The highest BCUT2D eigenvalue weighted by molar-refractivity contribution is 7.98. The molecule has 0 saturated heterocycles. The normalized spacial score (nSPS) is 16.7. The summed E-state index contributed by atoms with van der Waals surface area (Å²) in [5.74, 6) is 1.39. The monoisotopic (exact) mass is 288 g/mol. The van der Waals surface area contributed by atoms with Crippen molar-refractivity contribution in [2.75, 3.05) is 0 Å². The van der Waals surface area contributed by atoms with Gasteiger partial charge >= 0.3 is 0 Å². The van der Waals surface area contributed by atoms with Crippen LogP contribution < -0.4 is 0 Å². The van der Waals surface area contributed by atoms with Gasteiger partial charge in [0.25, 0.3) is 0 Å². The van der Waals surface area contributed by atoms with E-state index >= 15 is 0 Å². The lowest BCUT2D eigenvalue weighted by Gasteiger charge is -2.20. The summed E-state index contributed by atoms with van der Waals surface area (Å²) in [7, 11) is 0. The maximum atomic E-state index is 2.29. The average molecular weight is 288 g/mol. The molecule has 0 radical (unpaired) electrons. The van der Waals surface area contributed by atoms with Crippen LogP contribution in [0.3, 0.4) is 0 Å². The molecule has 3 aromatic rings. The highest BCUT2D eigenvalue weighted by Gasteiger charge is 2.24. The topological polar surface area (TPSA) is 0 Å². The molecule has 0 N–H and O–H groups in total. The Bertz CT molecular complexity index is 714. The summed E-state index contributed by atoms with van der Waals surface area (Å²) in [5, 5.41) is 0. The van der Waals surface area contributed by atoms with Gasteiger partial charge in [-0.05, 0) is 28.3 Å². The zero-order valence-corrected chi connectivity index (χ0v) is 12.5. The van der Waals surface area contributed by atoms with Gasteiger partial charge in [0, 0.05) is 16.6 Å². The number of hydrogen-bond acceptors (Lipinski definition) is 1. The molecule has 0 aromatic heterocycles. The lowest BCUT2D eigenvalue weighted by molar-refractivity contribution is 0.940. The highest BCUT2D eigenvalue weighted by atomic mass is 32.2.